The smallest absolute Gasteiger partial charge is 0.240 e. The first-order valence-electron chi connectivity index (χ1n) is 8.04. The van der Waals surface area contributed by atoms with Crippen LogP contribution in [0.5, 0.6) is 11.5 Å². The number of anilines is 1. The molecule has 7 nitrogen and oxygen atoms in total. The van der Waals surface area contributed by atoms with Crippen LogP contribution in [0.3, 0.4) is 0 Å². The fraction of sp³-hybridized carbons (Fsp3) is 0.211. The van der Waals surface area contributed by atoms with E-state index in [4.69, 9.17) is 4.74 Å². The number of nitrogens with zero attached hydrogens (tertiary/aromatic N) is 1. The minimum Gasteiger partial charge on any atom is -0.507 e. The topological polar surface area (TPSA) is 100 Å². The first-order valence-corrected chi connectivity index (χ1v) is 8.04. The van der Waals surface area contributed by atoms with Gasteiger partial charge in [0.2, 0.25) is 11.8 Å². The van der Waals surface area contributed by atoms with Gasteiger partial charge in [-0.1, -0.05) is 18.2 Å². The number of aryl methyl sites for hydroxylation is 1. The third-order valence-corrected chi connectivity index (χ3v) is 3.63. The molecule has 3 N–H and O–H groups in total. The Hall–Kier alpha value is -3.35. The average Bonchev–Trinajstić information content (AvgIpc) is 2.63. The summed E-state index contributed by atoms with van der Waals surface area (Å²) in [4.78, 5) is 23.7. The third kappa shape index (κ3) is 5.62. The minimum absolute atomic E-state index is 0.000846. The molecule has 0 saturated carbocycles. The van der Waals surface area contributed by atoms with Crippen LogP contribution in [0.25, 0.3) is 0 Å². The minimum atomic E-state index is -0.399. The van der Waals surface area contributed by atoms with E-state index in [1.165, 1.54) is 19.4 Å². The molecule has 0 spiro atoms. The molecule has 0 aliphatic heterocycles. The third-order valence-electron chi connectivity index (χ3n) is 3.63. The molecule has 0 atom stereocenters. The van der Waals surface area contributed by atoms with Crippen molar-refractivity contribution in [3.8, 4) is 11.5 Å². The van der Waals surface area contributed by atoms with Crippen molar-refractivity contribution >= 4 is 23.7 Å². The summed E-state index contributed by atoms with van der Waals surface area (Å²) in [6.45, 7) is 1.89. The zero-order valence-electron chi connectivity index (χ0n) is 14.7. The number of para-hydroxylation sites is 1. The fourth-order valence-electron chi connectivity index (χ4n) is 2.15. The average molecular weight is 355 g/mol. The second-order valence-electron chi connectivity index (χ2n) is 5.58. The predicted octanol–water partition coefficient (Wildman–Crippen LogP) is 2.58. The second kappa shape index (κ2) is 9.22. The molecule has 0 fully saturated rings. The van der Waals surface area contributed by atoms with Gasteiger partial charge in [-0.3, -0.25) is 9.59 Å². The molecule has 0 bridgehead atoms. The van der Waals surface area contributed by atoms with Gasteiger partial charge in [-0.05, 0) is 36.8 Å². The van der Waals surface area contributed by atoms with E-state index < -0.39 is 5.91 Å². The van der Waals surface area contributed by atoms with Gasteiger partial charge in [0.15, 0.2) is 0 Å². The normalized spacial score (nSPS) is 10.5. The highest BCUT2D eigenvalue weighted by Gasteiger charge is 2.08. The summed E-state index contributed by atoms with van der Waals surface area (Å²) < 4.78 is 5.05. The molecule has 7 heteroatoms. The quantitative estimate of drug-likeness (QED) is 0.525. The van der Waals surface area contributed by atoms with Crippen molar-refractivity contribution in [2.45, 2.75) is 19.8 Å². The van der Waals surface area contributed by atoms with Crippen LogP contribution in [0.1, 0.15) is 24.0 Å². The molecule has 26 heavy (non-hydrogen) atoms. The molecule has 2 aromatic rings. The Morgan fingerprint density at radius 2 is 1.88 bits per heavy atom. The number of hydrogen-bond donors (Lipinski definition) is 3. The van der Waals surface area contributed by atoms with Gasteiger partial charge in [0, 0.05) is 24.1 Å². The van der Waals surface area contributed by atoms with Gasteiger partial charge < -0.3 is 15.2 Å². The second-order valence-corrected chi connectivity index (χ2v) is 5.58. The SMILES string of the molecule is COc1ccc(O)c(C=NNC(=O)CCC(=O)Nc2ccccc2C)c1. The number of ether oxygens (including phenoxy) is 1. The van der Waals surface area contributed by atoms with E-state index in [0.29, 0.717) is 11.3 Å². The van der Waals surface area contributed by atoms with Gasteiger partial charge >= 0.3 is 0 Å². The lowest BCUT2D eigenvalue weighted by atomic mass is 10.2. The van der Waals surface area contributed by atoms with E-state index in [9.17, 15) is 14.7 Å². The number of carbonyl (C=O) groups is 2. The van der Waals surface area contributed by atoms with Crippen LogP contribution in [0.15, 0.2) is 47.6 Å². The summed E-state index contributed by atoms with van der Waals surface area (Å²) in [6, 6.07) is 12.1. The molecular weight excluding hydrogens is 334 g/mol. The lowest BCUT2D eigenvalue weighted by Crippen LogP contribution is -2.20. The highest BCUT2D eigenvalue weighted by molar-refractivity contribution is 5.94. The zero-order chi connectivity index (χ0) is 18.9. The van der Waals surface area contributed by atoms with Crippen LogP contribution in [-0.4, -0.2) is 30.2 Å². The monoisotopic (exact) mass is 355 g/mol. The maximum atomic E-state index is 11.9. The van der Waals surface area contributed by atoms with Gasteiger partial charge in [-0.25, -0.2) is 5.43 Å². The Labute approximate surface area is 151 Å². The largest absolute Gasteiger partial charge is 0.507 e. The van der Waals surface area contributed by atoms with Crippen molar-refractivity contribution in [1.29, 1.82) is 0 Å². The molecular formula is C19H21N3O4. The van der Waals surface area contributed by atoms with E-state index in [1.54, 1.807) is 18.2 Å². The highest BCUT2D eigenvalue weighted by atomic mass is 16.5. The number of aromatic hydroxyl groups is 1. The molecule has 2 aromatic carbocycles. The Morgan fingerprint density at radius 1 is 1.15 bits per heavy atom. The Bertz CT molecular complexity index is 818. The summed E-state index contributed by atoms with van der Waals surface area (Å²) in [6.07, 6.45) is 1.35. The van der Waals surface area contributed by atoms with Crippen molar-refractivity contribution in [1.82, 2.24) is 5.43 Å². The van der Waals surface area contributed by atoms with Gasteiger partial charge in [-0.2, -0.15) is 5.10 Å². The Balaban J connectivity index is 1.80. The van der Waals surface area contributed by atoms with Crippen LogP contribution in [0.2, 0.25) is 0 Å². The summed E-state index contributed by atoms with van der Waals surface area (Å²) >= 11 is 0. The van der Waals surface area contributed by atoms with Crippen LogP contribution in [0.4, 0.5) is 5.69 Å². The van der Waals surface area contributed by atoms with Crippen molar-refractivity contribution in [2.75, 3.05) is 12.4 Å². The van der Waals surface area contributed by atoms with E-state index in [-0.39, 0.29) is 24.5 Å². The standard InChI is InChI=1S/C19H21N3O4/c1-13-5-3-4-6-16(13)21-18(24)9-10-19(25)22-20-12-14-11-15(26-2)7-8-17(14)23/h3-8,11-12,23H,9-10H2,1-2H3,(H,21,24)(H,22,25). The molecule has 0 radical (unpaired) electrons. The highest BCUT2D eigenvalue weighted by Crippen LogP contribution is 2.21. The molecule has 2 amide bonds. The fourth-order valence-corrected chi connectivity index (χ4v) is 2.15. The predicted molar refractivity (Wildman–Crippen MR) is 99.4 cm³/mol. The maximum absolute atomic E-state index is 11.9. The number of hydrogen-bond acceptors (Lipinski definition) is 5. The van der Waals surface area contributed by atoms with Crippen molar-refractivity contribution in [3.63, 3.8) is 0 Å². The van der Waals surface area contributed by atoms with Crippen molar-refractivity contribution in [2.24, 2.45) is 5.10 Å². The first-order chi connectivity index (χ1) is 12.5. The number of carbonyl (C=O) groups excluding carboxylic acids is 2. The number of phenolic OH excluding ortho intramolecular Hbond substituents is 1. The lowest BCUT2D eigenvalue weighted by Gasteiger charge is -2.07. The van der Waals surface area contributed by atoms with E-state index >= 15 is 0 Å². The van der Waals surface area contributed by atoms with Crippen LogP contribution >= 0.6 is 0 Å². The zero-order valence-corrected chi connectivity index (χ0v) is 14.7. The number of amides is 2. The number of phenols is 1. The number of nitrogens with one attached hydrogen (secondary N) is 2. The maximum Gasteiger partial charge on any atom is 0.240 e. The van der Waals surface area contributed by atoms with Gasteiger partial charge in [0.05, 0.1) is 13.3 Å². The van der Waals surface area contributed by atoms with E-state index in [0.717, 1.165) is 11.3 Å². The van der Waals surface area contributed by atoms with Crippen LogP contribution < -0.4 is 15.5 Å². The summed E-state index contributed by atoms with van der Waals surface area (Å²) in [5, 5.41) is 16.3. The molecule has 0 aromatic heterocycles. The molecule has 0 heterocycles. The Morgan fingerprint density at radius 3 is 2.62 bits per heavy atom. The van der Waals surface area contributed by atoms with Crippen LogP contribution in [0, 0.1) is 6.92 Å². The van der Waals surface area contributed by atoms with E-state index in [1.807, 2.05) is 25.1 Å². The van der Waals surface area contributed by atoms with E-state index in [2.05, 4.69) is 15.8 Å². The molecule has 0 saturated heterocycles. The Kier molecular flexibility index (Phi) is 6.73. The summed E-state index contributed by atoms with van der Waals surface area (Å²) in [7, 11) is 1.51. The lowest BCUT2D eigenvalue weighted by molar-refractivity contribution is -0.124. The number of benzene rings is 2. The van der Waals surface area contributed by atoms with Gasteiger partial charge in [0.1, 0.15) is 11.5 Å². The molecule has 0 unspecified atom stereocenters. The number of methoxy groups -OCH3 is 1. The van der Waals surface area contributed by atoms with Crippen LogP contribution in [-0.2, 0) is 9.59 Å². The number of rotatable bonds is 7. The van der Waals surface area contributed by atoms with Crippen molar-refractivity contribution in [3.05, 3.63) is 53.6 Å². The van der Waals surface area contributed by atoms with Gasteiger partial charge in [-0.15, -0.1) is 0 Å². The summed E-state index contributed by atoms with van der Waals surface area (Å²) in [5.74, 6) is -0.0719. The van der Waals surface area contributed by atoms with Crippen molar-refractivity contribution < 1.29 is 19.4 Å². The molecule has 136 valence electrons. The molecule has 2 rings (SSSR count). The van der Waals surface area contributed by atoms with Gasteiger partial charge in [0.25, 0.3) is 0 Å². The summed E-state index contributed by atoms with van der Waals surface area (Å²) in [5.41, 5.74) is 4.41. The molecule has 0 aliphatic rings. The number of hydrazone groups is 1. The molecule has 0 aliphatic carbocycles. The first kappa shape index (κ1) is 19.0.